The summed E-state index contributed by atoms with van der Waals surface area (Å²) in [5, 5.41) is 5.59. The minimum atomic E-state index is -0.410. The standard InChI is InChI=1S/C13H11ClN2O3/c1-8(17)15-9-4-5-10(14)11(7-9)16-13(18)12-3-2-6-19-12/h2-7H,1H3,(H,15,17)(H,16,18). The van der Waals surface area contributed by atoms with E-state index in [2.05, 4.69) is 10.6 Å². The van der Waals surface area contributed by atoms with E-state index < -0.39 is 5.91 Å². The van der Waals surface area contributed by atoms with Crippen LogP contribution >= 0.6 is 11.6 Å². The number of nitrogens with one attached hydrogen (secondary N) is 2. The Balaban J connectivity index is 2.19. The molecule has 0 saturated heterocycles. The third-order valence-electron chi connectivity index (χ3n) is 2.28. The van der Waals surface area contributed by atoms with Gasteiger partial charge in [0.1, 0.15) is 0 Å². The number of halogens is 1. The number of amides is 2. The molecule has 5 nitrogen and oxygen atoms in total. The number of carbonyl (C=O) groups is 2. The molecule has 1 heterocycles. The largest absolute Gasteiger partial charge is 0.459 e. The molecule has 0 bridgehead atoms. The van der Waals surface area contributed by atoms with Crippen LogP contribution in [0.5, 0.6) is 0 Å². The summed E-state index contributed by atoms with van der Waals surface area (Å²) < 4.78 is 4.98. The number of benzene rings is 1. The zero-order chi connectivity index (χ0) is 13.8. The van der Waals surface area contributed by atoms with Gasteiger partial charge in [0.2, 0.25) is 5.91 Å². The first-order chi connectivity index (χ1) is 9.06. The van der Waals surface area contributed by atoms with Crippen LogP contribution in [-0.2, 0) is 4.79 Å². The van der Waals surface area contributed by atoms with Crippen molar-refractivity contribution in [3.05, 3.63) is 47.4 Å². The third kappa shape index (κ3) is 3.35. The molecular weight excluding hydrogens is 268 g/mol. The molecule has 2 N–H and O–H groups in total. The van der Waals surface area contributed by atoms with Crippen molar-refractivity contribution in [1.82, 2.24) is 0 Å². The molecule has 6 heteroatoms. The van der Waals surface area contributed by atoms with Gasteiger partial charge in [0.15, 0.2) is 5.76 Å². The highest BCUT2D eigenvalue weighted by atomic mass is 35.5. The van der Waals surface area contributed by atoms with Crippen LogP contribution in [0.25, 0.3) is 0 Å². The van der Waals surface area contributed by atoms with Crippen LogP contribution in [0.4, 0.5) is 11.4 Å². The van der Waals surface area contributed by atoms with Crippen LogP contribution in [0.2, 0.25) is 5.02 Å². The maximum absolute atomic E-state index is 11.8. The van der Waals surface area contributed by atoms with Gasteiger partial charge in [-0.3, -0.25) is 9.59 Å². The second-order valence-electron chi connectivity index (χ2n) is 3.81. The van der Waals surface area contributed by atoms with Crippen molar-refractivity contribution in [3.63, 3.8) is 0 Å². The summed E-state index contributed by atoms with van der Waals surface area (Å²) in [4.78, 5) is 22.8. The first-order valence-corrected chi connectivity index (χ1v) is 5.86. The van der Waals surface area contributed by atoms with Crippen molar-refractivity contribution in [2.45, 2.75) is 6.92 Å². The van der Waals surface area contributed by atoms with Crippen LogP contribution in [0.15, 0.2) is 41.0 Å². The lowest BCUT2D eigenvalue weighted by atomic mass is 10.2. The van der Waals surface area contributed by atoms with Gasteiger partial charge in [0.25, 0.3) is 5.91 Å². The Morgan fingerprint density at radius 3 is 2.63 bits per heavy atom. The molecule has 0 atom stereocenters. The lowest BCUT2D eigenvalue weighted by Crippen LogP contribution is -2.12. The van der Waals surface area contributed by atoms with E-state index in [1.165, 1.54) is 13.2 Å². The highest BCUT2D eigenvalue weighted by Crippen LogP contribution is 2.26. The van der Waals surface area contributed by atoms with Crippen LogP contribution in [0.3, 0.4) is 0 Å². The molecule has 0 aliphatic heterocycles. The summed E-state index contributed by atoms with van der Waals surface area (Å²) in [5.41, 5.74) is 0.945. The van der Waals surface area contributed by atoms with E-state index in [4.69, 9.17) is 16.0 Å². The highest BCUT2D eigenvalue weighted by Gasteiger charge is 2.11. The van der Waals surface area contributed by atoms with E-state index in [9.17, 15) is 9.59 Å². The number of anilines is 2. The first kappa shape index (κ1) is 13.2. The Kier molecular flexibility index (Phi) is 3.87. The van der Waals surface area contributed by atoms with Crippen LogP contribution in [0.1, 0.15) is 17.5 Å². The van der Waals surface area contributed by atoms with Gasteiger partial charge in [-0.15, -0.1) is 0 Å². The zero-order valence-electron chi connectivity index (χ0n) is 10.1. The van der Waals surface area contributed by atoms with Gasteiger partial charge in [-0.25, -0.2) is 0 Å². The summed E-state index contributed by atoms with van der Waals surface area (Å²) in [6.07, 6.45) is 1.41. The van der Waals surface area contributed by atoms with Gasteiger partial charge in [-0.2, -0.15) is 0 Å². The van der Waals surface area contributed by atoms with Crippen LogP contribution in [0, 0.1) is 0 Å². The van der Waals surface area contributed by atoms with E-state index in [0.717, 1.165) is 0 Å². The molecule has 0 spiro atoms. The number of hydrogen-bond donors (Lipinski definition) is 2. The molecule has 2 aromatic rings. The Bertz CT molecular complexity index is 608. The molecule has 0 aliphatic rings. The van der Waals surface area contributed by atoms with E-state index in [0.29, 0.717) is 16.4 Å². The molecule has 2 rings (SSSR count). The van der Waals surface area contributed by atoms with Crippen molar-refractivity contribution < 1.29 is 14.0 Å². The second kappa shape index (κ2) is 5.58. The van der Waals surface area contributed by atoms with E-state index >= 15 is 0 Å². The van der Waals surface area contributed by atoms with Crippen molar-refractivity contribution >= 4 is 34.8 Å². The van der Waals surface area contributed by atoms with E-state index in [1.54, 1.807) is 30.3 Å². The smallest absolute Gasteiger partial charge is 0.291 e. The quantitative estimate of drug-likeness (QED) is 0.906. The summed E-state index contributed by atoms with van der Waals surface area (Å²) in [6, 6.07) is 7.96. The van der Waals surface area contributed by atoms with Crippen molar-refractivity contribution in [1.29, 1.82) is 0 Å². The topological polar surface area (TPSA) is 71.3 Å². The number of carbonyl (C=O) groups excluding carboxylic acids is 2. The predicted molar refractivity (Wildman–Crippen MR) is 72.4 cm³/mol. The molecular formula is C13H11ClN2O3. The minimum Gasteiger partial charge on any atom is -0.459 e. The fourth-order valence-electron chi connectivity index (χ4n) is 1.49. The molecule has 19 heavy (non-hydrogen) atoms. The van der Waals surface area contributed by atoms with E-state index in [1.807, 2.05) is 0 Å². The Hall–Kier alpha value is -2.27. The molecule has 0 aliphatic carbocycles. The molecule has 0 saturated carbocycles. The average molecular weight is 279 g/mol. The average Bonchev–Trinajstić information content (AvgIpc) is 2.86. The minimum absolute atomic E-state index is 0.181. The Morgan fingerprint density at radius 1 is 1.21 bits per heavy atom. The molecule has 0 unspecified atom stereocenters. The lowest BCUT2D eigenvalue weighted by Gasteiger charge is -2.08. The van der Waals surface area contributed by atoms with Gasteiger partial charge in [-0.05, 0) is 30.3 Å². The van der Waals surface area contributed by atoms with Crippen LogP contribution in [-0.4, -0.2) is 11.8 Å². The molecule has 2 amide bonds. The summed E-state index contributed by atoms with van der Waals surface area (Å²) in [6.45, 7) is 1.40. The van der Waals surface area contributed by atoms with Crippen molar-refractivity contribution in [2.24, 2.45) is 0 Å². The second-order valence-corrected chi connectivity index (χ2v) is 4.21. The number of hydrogen-bond acceptors (Lipinski definition) is 3. The maximum atomic E-state index is 11.8. The number of rotatable bonds is 3. The molecule has 1 aromatic heterocycles. The molecule has 98 valence electrons. The zero-order valence-corrected chi connectivity index (χ0v) is 10.8. The Labute approximate surface area is 114 Å². The summed E-state index contributed by atoms with van der Waals surface area (Å²) in [5.74, 6) is -0.432. The monoisotopic (exact) mass is 278 g/mol. The van der Waals surface area contributed by atoms with Crippen molar-refractivity contribution in [3.8, 4) is 0 Å². The van der Waals surface area contributed by atoms with Gasteiger partial charge < -0.3 is 15.1 Å². The summed E-state index contributed by atoms with van der Waals surface area (Å²) >= 11 is 5.98. The fraction of sp³-hybridized carbons (Fsp3) is 0.0769. The van der Waals surface area contributed by atoms with Gasteiger partial charge in [-0.1, -0.05) is 11.6 Å². The number of furan rings is 1. The fourth-order valence-corrected chi connectivity index (χ4v) is 1.66. The van der Waals surface area contributed by atoms with Crippen molar-refractivity contribution in [2.75, 3.05) is 10.6 Å². The summed E-state index contributed by atoms with van der Waals surface area (Å²) in [7, 11) is 0. The van der Waals surface area contributed by atoms with Gasteiger partial charge >= 0.3 is 0 Å². The molecule has 1 aromatic carbocycles. The molecule has 0 fully saturated rings. The predicted octanol–water partition coefficient (Wildman–Crippen LogP) is 3.14. The first-order valence-electron chi connectivity index (χ1n) is 5.48. The van der Waals surface area contributed by atoms with Gasteiger partial charge in [0.05, 0.1) is 17.0 Å². The van der Waals surface area contributed by atoms with Gasteiger partial charge in [0, 0.05) is 12.6 Å². The highest BCUT2D eigenvalue weighted by molar-refractivity contribution is 6.34. The van der Waals surface area contributed by atoms with Crippen LogP contribution < -0.4 is 10.6 Å². The van der Waals surface area contributed by atoms with E-state index in [-0.39, 0.29) is 11.7 Å². The molecule has 0 radical (unpaired) electrons. The SMILES string of the molecule is CC(=O)Nc1ccc(Cl)c(NC(=O)c2ccco2)c1. The maximum Gasteiger partial charge on any atom is 0.291 e. The lowest BCUT2D eigenvalue weighted by molar-refractivity contribution is -0.114. The normalized spacial score (nSPS) is 10.0. The Morgan fingerprint density at radius 2 is 2.00 bits per heavy atom. The third-order valence-corrected chi connectivity index (χ3v) is 2.61.